The maximum Gasteiger partial charge on any atom is 0.419 e. The smallest absolute Gasteiger partial charge is 0.419 e. The number of nitrogens with one attached hydrogen (secondary N) is 1. The van der Waals surface area contributed by atoms with Crippen LogP contribution < -0.4 is 10.9 Å². The van der Waals surface area contributed by atoms with Crippen molar-refractivity contribution in [2.75, 3.05) is 33.5 Å². The standard InChI is InChI=1S/C35H46FN5O7/c1-22(2)17-23-18-25(36)19-24-20-26(41(30(23)24)34(46)48-35(3,4)5)21-40-16-12-13-27(32(40)44)37-31(43)28(47-33(45)39(8)9)14-10-11-15-29(42)38(6)7/h11-13,15-16,18-20,22,28H,10,14,17,21H2,1-9H3,(H,37,43)/b15-11+/i14D2. The van der Waals surface area contributed by atoms with E-state index in [1.165, 1.54) is 78.8 Å². The SMILES string of the molecule is [2H]C([2H])(C/C=C/C(=O)N(C)C)C(OC(=O)N(C)C)C(=O)Nc1cccn(Cc2cc3cc(F)cc(CC(C)C)c3n2C(=O)OC(C)(C)C)c1=O. The maximum atomic E-state index is 14.7. The Morgan fingerprint density at radius 3 is 2.38 bits per heavy atom. The summed E-state index contributed by atoms with van der Waals surface area (Å²) in [5, 5.41) is 2.82. The lowest BCUT2D eigenvalue weighted by molar-refractivity contribution is -0.125. The average Bonchev–Trinajstić information content (AvgIpc) is 3.34. The van der Waals surface area contributed by atoms with E-state index in [1.807, 2.05) is 13.8 Å². The van der Waals surface area contributed by atoms with Crippen LogP contribution >= 0.6 is 0 Å². The largest absolute Gasteiger partial charge is 0.443 e. The molecule has 0 aliphatic carbocycles. The number of halogens is 1. The second-order valence-corrected chi connectivity index (χ2v) is 13.1. The number of rotatable bonds is 11. The van der Waals surface area contributed by atoms with Crippen LogP contribution in [-0.4, -0.2) is 82.8 Å². The van der Waals surface area contributed by atoms with Crippen LogP contribution in [0, 0.1) is 11.7 Å². The summed E-state index contributed by atoms with van der Waals surface area (Å²) >= 11 is 0. The molecule has 0 bridgehead atoms. The fraction of sp³-hybridized carbons (Fsp3) is 0.457. The van der Waals surface area contributed by atoms with Crippen LogP contribution in [0.5, 0.6) is 0 Å². The Bertz CT molecular complexity index is 1840. The quantitative estimate of drug-likeness (QED) is 0.271. The number of carbonyl (C=O) groups is 4. The van der Waals surface area contributed by atoms with Gasteiger partial charge in [0.15, 0.2) is 6.10 Å². The molecule has 0 saturated heterocycles. The normalized spacial score (nSPS) is 13.2. The van der Waals surface area contributed by atoms with E-state index in [9.17, 15) is 28.4 Å². The van der Waals surface area contributed by atoms with Crippen molar-refractivity contribution in [2.24, 2.45) is 5.92 Å². The second kappa shape index (κ2) is 15.8. The number of carbonyl (C=O) groups excluding carboxylic acids is 4. The number of anilines is 1. The van der Waals surface area contributed by atoms with E-state index in [0.717, 1.165) is 11.0 Å². The van der Waals surface area contributed by atoms with Gasteiger partial charge in [-0.1, -0.05) is 19.9 Å². The first kappa shape index (κ1) is 34.4. The van der Waals surface area contributed by atoms with Gasteiger partial charge in [-0.25, -0.2) is 18.5 Å². The maximum absolute atomic E-state index is 14.7. The van der Waals surface area contributed by atoms with Gasteiger partial charge in [-0.15, -0.1) is 0 Å². The van der Waals surface area contributed by atoms with Crippen LogP contribution in [0.2, 0.25) is 0 Å². The number of pyridine rings is 1. The molecule has 0 fully saturated rings. The van der Waals surface area contributed by atoms with E-state index in [1.54, 1.807) is 26.8 Å². The topological polar surface area (TPSA) is 132 Å². The molecule has 0 saturated carbocycles. The Morgan fingerprint density at radius 1 is 1.08 bits per heavy atom. The Morgan fingerprint density at radius 2 is 1.77 bits per heavy atom. The molecule has 3 rings (SSSR count). The number of allylic oxidation sites excluding steroid dienone is 1. The van der Waals surface area contributed by atoms with Crippen LogP contribution in [0.25, 0.3) is 10.9 Å². The second-order valence-electron chi connectivity index (χ2n) is 13.1. The molecule has 0 aliphatic heterocycles. The van der Waals surface area contributed by atoms with Crippen LogP contribution in [0.15, 0.2) is 53.5 Å². The molecule has 3 amide bonds. The van der Waals surface area contributed by atoms with E-state index in [4.69, 9.17) is 12.2 Å². The first-order chi connectivity index (χ1) is 23.1. The summed E-state index contributed by atoms with van der Waals surface area (Å²) in [7, 11) is 5.75. The van der Waals surface area contributed by atoms with E-state index in [-0.39, 0.29) is 18.2 Å². The Labute approximate surface area is 282 Å². The number of hydrogen-bond acceptors (Lipinski definition) is 7. The number of amides is 3. The number of aromatic nitrogens is 2. The lowest BCUT2D eigenvalue weighted by atomic mass is 10.0. The van der Waals surface area contributed by atoms with Crippen LogP contribution in [0.3, 0.4) is 0 Å². The highest BCUT2D eigenvalue weighted by Crippen LogP contribution is 2.29. The Hall–Kier alpha value is -4.94. The minimum absolute atomic E-state index is 0.136. The number of ether oxygens (including phenoxy) is 2. The molecule has 12 nitrogen and oxygen atoms in total. The third kappa shape index (κ3) is 10.0. The Balaban J connectivity index is 2.05. The molecule has 2 heterocycles. The summed E-state index contributed by atoms with van der Waals surface area (Å²) in [6.45, 7) is 8.89. The lowest BCUT2D eigenvalue weighted by Gasteiger charge is -2.22. The molecule has 13 heteroatoms. The van der Waals surface area contributed by atoms with Gasteiger partial charge in [0.1, 0.15) is 17.1 Å². The molecule has 3 aromatic rings. The highest BCUT2D eigenvalue weighted by atomic mass is 19.1. The van der Waals surface area contributed by atoms with Crippen molar-refractivity contribution in [1.29, 1.82) is 0 Å². The number of hydrogen-bond donors (Lipinski definition) is 1. The summed E-state index contributed by atoms with van der Waals surface area (Å²) in [5.41, 5.74) is -0.484. The van der Waals surface area contributed by atoms with Crippen molar-refractivity contribution >= 4 is 40.6 Å². The zero-order valence-electron chi connectivity index (χ0n) is 30.9. The number of benzene rings is 1. The number of fused-ring (bicyclic) bond motifs is 1. The van der Waals surface area contributed by atoms with Gasteiger partial charge in [-0.2, -0.15) is 0 Å². The van der Waals surface area contributed by atoms with Crippen molar-refractivity contribution in [2.45, 2.75) is 72.1 Å². The summed E-state index contributed by atoms with van der Waals surface area (Å²) in [5.74, 6) is -1.88. The zero-order chi connectivity index (χ0) is 37.7. The van der Waals surface area contributed by atoms with Gasteiger partial charge in [-0.3, -0.25) is 14.4 Å². The Kier molecular flexibility index (Phi) is 11.3. The minimum Gasteiger partial charge on any atom is -0.443 e. The average molecular weight is 670 g/mol. The first-order valence-electron chi connectivity index (χ1n) is 16.4. The highest BCUT2D eigenvalue weighted by molar-refractivity contribution is 5.95. The zero-order valence-corrected chi connectivity index (χ0v) is 28.9. The molecular weight excluding hydrogens is 621 g/mol. The van der Waals surface area contributed by atoms with Crippen LogP contribution in [0.4, 0.5) is 19.7 Å². The van der Waals surface area contributed by atoms with Crippen LogP contribution in [0.1, 0.15) is 61.4 Å². The fourth-order valence-electron chi connectivity index (χ4n) is 4.68. The molecule has 0 aliphatic rings. The molecule has 1 unspecified atom stereocenters. The summed E-state index contributed by atoms with van der Waals surface area (Å²) < 4.78 is 45.3. The van der Waals surface area contributed by atoms with Crippen molar-refractivity contribution in [3.05, 3.63) is 76.1 Å². The summed E-state index contributed by atoms with van der Waals surface area (Å²) in [6, 6.07) is 7.05. The van der Waals surface area contributed by atoms with Gasteiger partial charge in [0.05, 0.1) is 17.8 Å². The van der Waals surface area contributed by atoms with Gasteiger partial charge in [-0.05, 0) is 87.9 Å². The van der Waals surface area contributed by atoms with E-state index in [2.05, 4.69) is 5.32 Å². The first-order valence-corrected chi connectivity index (χ1v) is 15.4. The predicted octanol–water partition coefficient (Wildman–Crippen LogP) is 5.40. The molecule has 0 radical (unpaired) electrons. The van der Waals surface area contributed by atoms with E-state index >= 15 is 0 Å². The minimum atomic E-state index is -2.50. The van der Waals surface area contributed by atoms with Gasteiger partial charge in [0.2, 0.25) is 5.91 Å². The fourth-order valence-corrected chi connectivity index (χ4v) is 4.68. The molecule has 1 atom stereocenters. The van der Waals surface area contributed by atoms with Crippen molar-refractivity contribution in [1.82, 2.24) is 18.9 Å². The van der Waals surface area contributed by atoms with Gasteiger partial charge in [0.25, 0.3) is 11.5 Å². The van der Waals surface area contributed by atoms with Crippen molar-refractivity contribution in [3.63, 3.8) is 0 Å². The van der Waals surface area contributed by atoms with Gasteiger partial charge in [0, 0.05) is 42.5 Å². The number of likely N-dealkylation sites (N-methyl/N-ethyl adjacent to an activating group) is 1. The van der Waals surface area contributed by atoms with E-state index in [0.29, 0.717) is 28.6 Å². The van der Waals surface area contributed by atoms with Crippen LogP contribution in [-0.2, 0) is 32.0 Å². The lowest BCUT2D eigenvalue weighted by Crippen LogP contribution is -2.37. The third-order valence-corrected chi connectivity index (χ3v) is 6.77. The summed E-state index contributed by atoms with van der Waals surface area (Å²) in [6.07, 6.45) is -2.45. The molecule has 1 aromatic carbocycles. The molecule has 1 N–H and O–H groups in total. The van der Waals surface area contributed by atoms with Gasteiger partial charge < -0.3 is 29.2 Å². The molecule has 2 aromatic heterocycles. The number of nitrogens with zero attached hydrogens (tertiary/aromatic N) is 4. The molecule has 0 spiro atoms. The van der Waals surface area contributed by atoms with Crippen molar-refractivity contribution < 1.29 is 35.8 Å². The monoisotopic (exact) mass is 669 g/mol. The van der Waals surface area contributed by atoms with E-state index < -0.39 is 59.9 Å². The van der Waals surface area contributed by atoms with Crippen molar-refractivity contribution in [3.8, 4) is 0 Å². The summed E-state index contributed by atoms with van der Waals surface area (Å²) in [4.78, 5) is 67.5. The van der Waals surface area contributed by atoms with Gasteiger partial charge >= 0.3 is 12.2 Å². The highest BCUT2D eigenvalue weighted by Gasteiger charge is 2.27. The molecule has 260 valence electrons. The predicted molar refractivity (Wildman–Crippen MR) is 182 cm³/mol. The molecular formula is C35H46FN5O7. The third-order valence-electron chi connectivity index (χ3n) is 6.77. The molecule has 48 heavy (non-hydrogen) atoms.